The Balaban J connectivity index is 1.78. The first-order valence-electron chi connectivity index (χ1n) is 7.68. The van der Waals surface area contributed by atoms with Crippen LogP contribution in [0.5, 0.6) is 0 Å². The molecule has 2 aromatic rings. The number of hydrogen-bond acceptors (Lipinski definition) is 2. The highest BCUT2D eigenvalue weighted by Crippen LogP contribution is 2.27. The average molecular weight is 306 g/mol. The molecule has 0 aliphatic carbocycles. The minimum atomic E-state index is 0.788. The Bertz CT molecular complexity index is 556. The van der Waals surface area contributed by atoms with Crippen LogP contribution in [-0.4, -0.2) is 26.8 Å². The third kappa shape index (κ3) is 4.99. The van der Waals surface area contributed by atoms with Gasteiger partial charge in [-0.15, -0.1) is 0 Å². The van der Waals surface area contributed by atoms with Gasteiger partial charge >= 0.3 is 0 Å². The maximum Gasteiger partial charge on any atom is 0.0587 e. The van der Waals surface area contributed by atoms with Gasteiger partial charge < -0.3 is 10.1 Å². The first-order chi connectivity index (χ1) is 10.3. The van der Waals surface area contributed by atoms with E-state index in [1.807, 2.05) is 12.1 Å². The van der Waals surface area contributed by atoms with Crippen LogP contribution < -0.4 is 5.32 Å². The minimum Gasteiger partial charge on any atom is -0.383 e. The molecule has 0 aliphatic heterocycles. The van der Waals surface area contributed by atoms with Gasteiger partial charge in [0.1, 0.15) is 0 Å². The molecular weight excluding hydrogens is 282 g/mol. The molecule has 0 heterocycles. The number of methoxy groups -OCH3 is 1. The summed E-state index contributed by atoms with van der Waals surface area (Å²) in [5.74, 6) is 0. The van der Waals surface area contributed by atoms with E-state index in [1.165, 1.54) is 30.2 Å². The Kier molecular flexibility index (Phi) is 7.01. The van der Waals surface area contributed by atoms with Gasteiger partial charge in [-0.3, -0.25) is 0 Å². The van der Waals surface area contributed by atoms with Gasteiger partial charge in [0.15, 0.2) is 0 Å². The number of halogens is 1. The standard InChI is InChI=1S/C18H24ClNO/c1-21-14-13-20-12-6-2-3-7-15-10-11-18(19)17-9-5-4-8-16(15)17/h4-5,8-11,20H,2-3,6-7,12-14H2,1H3. The normalized spacial score (nSPS) is 11.1. The molecule has 3 heteroatoms. The summed E-state index contributed by atoms with van der Waals surface area (Å²) in [7, 11) is 1.73. The van der Waals surface area contributed by atoms with Crippen LogP contribution in [0.2, 0.25) is 5.02 Å². The van der Waals surface area contributed by atoms with E-state index < -0.39 is 0 Å². The lowest BCUT2D eigenvalue weighted by Crippen LogP contribution is -2.20. The summed E-state index contributed by atoms with van der Waals surface area (Å²) in [6.07, 6.45) is 4.81. The van der Waals surface area contributed by atoms with Crippen molar-refractivity contribution in [2.45, 2.75) is 25.7 Å². The molecule has 0 bridgehead atoms. The maximum absolute atomic E-state index is 6.25. The molecule has 0 radical (unpaired) electrons. The Morgan fingerprint density at radius 3 is 2.57 bits per heavy atom. The van der Waals surface area contributed by atoms with E-state index >= 15 is 0 Å². The summed E-state index contributed by atoms with van der Waals surface area (Å²) in [5, 5.41) is 6.68. The van der Waals surface area contributed by atoms with Gasteiger partial charge in [0.25, 0.3) is 0 Å². The number of benzene rings is 2. The molecule has 0 atom stereocenters. The lowest BCUT2D eigenvalue weighted by Gasteiger charge is -2.08. The molecule has 0 saturated heterocycles. The molecule has 0 fully saturated rings. The summed E-state index contributed by atoms with van der Waals surface area (Å²) in [6, 6.07) is 12.6. The zero-order valence-electron chi connectivity index (χ0n) is 12.7. The van der Waals surface area contributed by atoms with Crippen LogP contribution >= 0.6 is 11.6 Å². The van der Waals surface area contributed by atoms with E-state index in [9.17, 15) is 0 Å². The van der Waals surface area contributed by atoms with Crippen molar-refractivity contribution in [3.05, 3.63) is 47.0 Å². The molecule has 2 rings (SSSR count). The zero-order valence-corrected chi connectivity index (χ0v) is 13.5. The average Bonchev–Trinajstić information content (AvgIpc) is 2.52. The van der Waals surface area contributed by atoms with Crippen molar-refractivity contribution in [3.8, 4) is 0 Å². The Morgan fingerprint density at radius 2 is 1.76 bits per heavy atom. The second-order valence-corrected chi connectivity index (χ2v) is 5.71. The van der Waals surface area contributed by atoms with Gasteiger partial charge in [-0.2, -0.15) is 0 Å². The number of unbranched alkanes of at least 4 members (excludes halogenated alkanes) is 2. The van der Waals surface area contributed by atoms with Gasteiger partial charge in [-0.05, 0) is 42.8 Å². The molecule has 0 amide bonds. The first-order valence-corrected chi connectivity index (χ1v) is 8.06. The van der Waals surface area contributed by atoms with Gasteiger partial charge in [0, 0.05) is 24.1 Å². The quantitative estimate of drug-likeness (QED) is 0.691. The number of hydrogen-bond donors (Lipinski definition) is 1. The van der Waals surface area contributed by atoms with E-state index in [0.717, 1.165) is 36.5 Å². The van der Waals surface area contributed by atoms with Gasteiger partial charge in [0.05, 0.1) is 6.61 Å². The summed E-state index contributed by atoms with van der Waals surface area (Å²) in [4.78, 5) is 0. The highest BCUT2D eigenvalue weighted by Gasteiger charge is 2.03. The second kappa shape index (κ2) is 9.04. The van der Waals surface area contributed by atoms with Crippen molar-refractivity contribution < 1.29 is 4.74 Å². The third-order valence-corrected chi connectivity index (χ3v) is 4.07. The highest BCUT2D eigenvalue weighted by atomic mass is 35.5. The van der Waals surface area contributed by atoms with Gasteiger partial charge in [-0.1, -0.05) is 48.4 Å². The zero-order chi connectivity index (χ0) is 14.9. The Labute approximate surface area is 132 Å². The van der Waals surface area contributed by atoms with E-state index in [2.05, 4.69) is 29.6 Å². The summed E-state index contributed by atoms with van der Waals surface area (Å²) >= 11 is 6.25. The minimum absolute atomic E-state index is 0.788. The number of fused-ring (bicyclic) bond motifs is 1. The predicted molar refractivity (Wildman–Crippen MR) is 91.3 cm³/mol. The topological polar surface area (TPSA) is 21.3 Å². The van der Waals surface area contributed by atoms with Crippen molar-refractivity contribution in [2.24, 2.45) is 0 Å². The second-order valence-electron chi connectivity index (χ2n) is 5.31. The molecule has 0 aromatic heterocycles. The van der Waals surface area contributed by atoms with Gasteiger partial charge in [0.2, 0.25) is 0 Å². The van der Waals surface area contributed by atoms with Crippen molar-refractivity contribution in [1.82, 2.24) is 5.32 Å². The molecule has 21 heavy (non-hydrogen) atoms. The fourth-order valence-corrected chi connectivity index (χ4v) is 2.81. The molecule has 0 unspecified atom stereocenters. The van der Waals surface area contributed by atoms with Crippen molar-refractivity contribution >= 4 is 22.4 Å². The largest absolute Gasteiger partial charge is 0.383 e. The maximum atomic E-state index is 6.25. The predicted octanol–water partition coefficient (Wildman–Crippen LogP) is 4.44. The van der Waals surface area contributed by atoms with E-state index in [-0.39, 0.29) is 0 Å². The molecule has 0 saturated carbocycles. The summed E-state index contributed by atoms with van der Waals surface area (Å²) in [6.45, 7) is 2.81. The summed E-state index contributed by atoms with van der Waals surface area (Å²) in [5.41, 5.74) is 1.40. The molecule has 2 nitrogen and oxygen atoms in total. The third-order valence-electron chi connectivity index (χ3n) is 3.74. The lowest BCUT2D eigenvalue weighted by atomic mass is 9.99. The molecule has 0 aliphatic rings. The Morgan fingerprint density at radius 1 is 0.952 bits per heavy atom. The number of aryl methyl sites for hydroxylation is 1. The van der Waals surface area contributed by atoms with E-state index in [0.29, 0.717) is 0 Å². The van der Waals surface area contributed by atoms with E-state index in [4.69, 9.17) is 16.3 Å². The SMILES string of the molecule is COCCNCCCCCc1ccc(Cl)c2ccccc12. The summed E-state index contributed by atoms with van der Waals surface area (Å²) < 4.78 is 5.00. The van der Waals surface area contributed by atoms with Crippen LogP contribution in [0.25, 0.3) is 10.8 Å². The van der Waals surface area contributed by atoms with Crippen LogP contribution in [0.3, 0.4) is 0 Å². The number of nitrogens with one attached hydrogen (secondary N) is 1. The molecule has 1 N–H and O–H groups in total. The van der Waals surface area contributed by atoms with Crippen LogP contribution in [0.1, 0.15) is 24.8 Å². The molecular formula is C18H24ClNO. The Hall–Kier alpha value is -1.09. The van der Waals surface area contributed by atoms with Crippen LogP contribution in [0, 0.1) is 0 Å². The van der Waals surface area contributed by atoms with Crippen molar-refractivity contribution in [1.29, 1.82) is 0 Å². The van der Waals surface area contributed by atoms with Crippen molar-refractivity contribution in [2.75, 3.05) is 26.8 Å². The van der Waals surface area contributed by atoms with Crippen LogP contribution in [0.15, 0.2) is 36.4 Å². The van der Waals surface area contributed by atoms with E-state index in [1.54, 1.807) is 7.11 Å². The fourth-order valence-electron chi connectivity index (χ4n) is 2.58. The number of rotatable bonds is 9. The smallest absolute Gasteiger partial charge is 0.0587 e. The first kappa shape index (κ1) is 16.3. The monoisotopic (exact) mass is 305 g/mol. The van der Waals surface area contributed by atoms with Crippen LogP contribution in [-0.2, 0) is 11.2 Å². The fraction of sp³-hybridized carbons (Fsp3) is 0.444. The lowest BCUT2D eigenvalue weighted by molar-refractivity contribution is 0.199. The van der Waals surface area contributed by atoms with Crippen molar-refractivity contribution in [3.63, 3.8) is 0 Å². The highest BCUT2D eigenvalue weighted by molar-refractivity contribution is 6.35. The molecule has 0 spiro atoms. The molecule has 114 valence electrons. The van der Waals surface area contributed by atoms with Gasteiger partial charge in [-0.25, -0.2) is 0 Å². The molecule has 2 aromatic carbocycles. The number of ether oxygens (including phenoxy) is 1. The van der Waals surface area contributed by atoms with Crippen LogP contribution in [0.4, 0.5) is 0 Å².